The van der Waals surface area contributed by atoms with Crippen molar-refractivity contribution < 1.29 is 13.2 Å². The predicted molar refractivity (Wildman–Crippen MR) is 155 cm³/mol. The largest absolute Gasteiger partial charge is 0.292 e. The maximum atomic E-state index is 13.8. The molecule has 0 radical (unpaired) electrons. The first-order valence-corrected chi connectivity index (χ1v) is 14.4. The molecule has 0 bridgehead atoms. The van der Waals surface area contributed by atoms with Crippen LogP contribution in [0.4, 0.5) is 0 Å². The van der Waals surface area contributed by atoms with Gasteiger partial charge in [0.1, 0.15) is 5.56 Å². The highest BCUT2D eigenvalue weighted by atomic mass is 32.2. The van der Waals surface area contributed by atoms with Crippen LogP contribution in [0.2, 0.25) is 0 Å². The number of hydrogen-bond acceptors (Lipinski definition) is 4. The molecular formula is C31H35N3O4S. The number of Topliss-reactive ketones (excluding diaryl/α,β-unsaturated/α-hetero) is 1. The van der Waals surface area contributed by atoms with Crippen molar-refractivity contribution in [3.05, 3.63) is 106 Å². The number of carbonyl (C=O) groups is 1. The van der Waals surface area contributed by atoms with Gasteiger partial charge in [0.05, 0.1) is 22.8 Å². The highest BCUT2D eigenvalue weighted by molar-refractivity contribution is 7.89. The molecule has 7 nitrogen and oxygen atoms in total. The molecule has 0 fully saturated rings. The summed E-state index contributed by atoms with van der Waals surface area (Å²) < 4.78 is 29.8. The van der Waals surface area contributed by atoms with E-state index in [0.717, 1.165) is 15.4 Å². The Morgan fingerprint density at radius 1 is 0.923 bits per heavy atom. The van der Waals surface area contributed by atoms with Crippen molar-refractivity contribution >= 4 is 15.8 Å². The molecule has 0 spiro atoms. The lowest BCUT2D eigenvalue weighted by Gasteiger charge is -2.26. The number of nitrogens with zero attached hydrogens (tertiary/aromatic N) is 2. The summed E-state index contributed by atoms with van der Waals surface area (Å²) in [6.07, 6.45) is 0. The number of aromatic nitrogens is 2. The lowest BCUT2D eigenvalue weighted by molar-refractivity contribution is 0.0957. The van der Waals surface area contributed by atoms with Gasteiger partial charge >= 0.3 is 0 Å². The van der Waals surface area contributed by atoms with Gasteiger partial charge < -0.3 is 0 Å². The van der Waals surface area contributed by atoms with E-state index in [9.17, 15) is 18.0 Å². The van der Waals surface area contributed by atoms with Gasteiger partial charge in [0, 0.05) is 11.6 Å². The zero-order valence-electron chi connectivity index (χ0n) is 23.2. The zero-order valence-corrected chi connectivity index (χ0v) is 24.0. The molecule has 8 heteroatoms. The fourth-order valence-electron chi connectivity index (χ4n) is 4.41. The van der Waals surface area contributed by atoms with Crippen molar-refractivity contribution in [3.8, 4) is 16.9 Å². The molecule has 1 aromatic heterocycles. The minimum Gasteiger partial charge on any atom is -0.292 e. The molecule has 0 saturated carbocycles. The van der Waals surface area contributed by atoms with Crippen LogP contribution in [-0.2, 0) is 15.4 Å². The Labute approximate surface area is 230 Å². The topological polar surface area (TPSA) is 92.2 Å². The minimum atomic E-state index is -4.01. The molecule has 0 aliphatic carbocycles. The third-order valence-electron chi connectivity index (χ3n) is 6.73. The monoisotopic (exact) mass is 545 g/mol. The third-order valence-corrected chi connectivity index (χ3v) is 8.76. The number of aryl methyl sites for hydroxylation is 1. The van der Waals surface area contributed by atoms with Gasteiger partial charge in [-0.3, -0.25) is 14.7 Å². The molecule has 0 unspecified atom stereocenters. The molecule has 3 aromatic carbocycles. The Kier molecular flexibility index (Phi) is 7.82. The summed E-state index contributed by atoms with van der Waals surface area (Å²) in [5.74, 6) is -0.579. The highest BCUT2D eigenvalue weighted by Gasteiger charge is 2.32. The normalized spacial score (nSPS) is 12.3. The molecule has 0 amide bonds. The Morgan fingerprint density at radius 3 is 2.05 bits per heavy atom. The number of ketones is 1. The smallest absolute Gasteiger partial charge is 0.282 e. The van der Waals surface area contributed by atoms with Gasteiger partial charge in [0.2, 0.25) is 10.0 Å². The van der Waals surface area contributed by atoms with Crippen molar-refractivity contribution in [1.29, 1.82) is 0 Å². The molecule has 0 aliphatic heterocycles. The molecular weight excluding hydrogens is 510 g/mol. The van der Waals surface area contributed by atoms with E-state index in [4.69, 9.17) is 0 Å². The second kappa shape index (κ2) is 10.8. The predicted octanol–water partition coefficient (Wildman–Crippen LogP) is 5.72. The van der Waals surface area contributed by atoms with Crippen LogP contribution >= 0.6 is 0 Å². The third kappa shape index (κ3) is 5.82. The summed E-state index contributed by atoms with van der Waals surface area (Å²) in [4.78, 5) is 27.5. The summed E-state index contributed by atoms with van der Waals surface area (Å²) >= 11 is 0. The van der Waals surface area contributed by atoms with Crippen LogP contribution < -0.4 is 5.56 Å². The van der Waals surface area contributed by atoms with Crippen LogP contribution in [0.15, 0.2) is 88.6 Å². The maximum Gasteiger partial charge on any atom is 0.282 e. The second-order valence-corrected chi connectivity index (χ2v) is 12.9. The van der Waals surface area contributed by atoms with Crippen molar-refractivity contribution in [2.45, 2.75) is 57.9 Å². The number of H-pyrrole nitrogens is 1. The molecule has 204 valence electrons. The molecule has 0 aliphatic rings. The van der Waals surface area contributed by atoms with E-state index < -0.39 is 34.0 Å². The van der Waals surface area contributed by atoms with E-state index in [2.05, 4.69) is 25.9 Å². The molecule has 0 atom stereocenters. The Hall–Kier alpha value is -3.75. The number of carbonyl (C=O) groups excluding carboxylic acids is 1. The SMILES string of the molecule is Cc1ccc(-n2[nH]c(-c3ccccc3)c(C(=O)CN(C(C)C)S(=O)(=O)c3ccc(C(C)(C)C)cc3)c2=O)cc1. The van der Waals surface area contributed by atoms with Gasteiger partial charge in [-0.2, -0.15) is 4.31 Å². The van der Waals surface area contributed by atoms with Gasteiger partial charge in [-0.25, -0.2) is 13.1 Å². The van der Waals surface area contributed by atoms with E-state index in [1.54, 1.807) is 62.4 Å². The molecule has 1 heterocycles. The van der Waals surface area contributed by atoms with Crippen molar-refractivity contribution in [2.24, 2.45) is 0 Å². The highest BCUT2D eigenvalue weighted by Crippen LogP contribution is 2.27. The molecule has 0 saturated heterocycles. The van der Waals surface area contributed by atoms with Crippen LogP contribution in [0, 0.1) is 6.92 Å². The van der Waals surface area contributed by atoms with E-state index in [1.165, 1.54) is 4.68 Å². The summed E-state index contributed by atoms with van der Waals surface area (Å²) in [6, 6.07) is 22.7. The van der Waals surface area contributed by atoms with E-state index in [0.29, 0.717) is 16.9 Å². The number of nitrogens with one attached hydrogen (secondary N) is 1. The first-order chi connectivity index (χ1) is 18.3. The van der Waals surface area contributed by atoms with Crippen molar-refractivity contribution in [1.82, 2.24) is 14.1 Å². The van der Waals surface area contributed by atoms with Gasteiger partial charge in [-0.15, -0.1) is 0 Å². The summed E-state index contributed by atoms with van der Waals surface area (Å²) in [5.41, 5.74) is 2.88. The first-order valence-electron chi connectivity index (χ1n) is 12.9. The molecule has 39 heavy (non-hydrogen) atoms. The number of hydrogen-bond donors (Lipinski definition) is 1. The molecule has 4 aromatic rings. The van der Waals surface area contributed by atoms with Crippen LogP contribution in [0.3, 0.4) is 0 Å². The van der Waals surface area contributed by atoms with Crippen LogP contribution in [0.1, 0.15) is 56.1 Å². The molecule has 1 N–H and O–H groups in total. The van der Waals surface area contributed by atoms with Crippen LogP contribution in [0.25, 0.3) is 16.9 Å². The fraction of sp³-hybridized carbons (Fsp3) is 0.290. The Bertz CT molecular complexity index is 1630. The quantitative estimate of drug-likeness (QED) is 0.287. The van der Waals surface area contributed by atoms with Crippen molar-refractivity contribution in [3.63, 3.8) is 0 Å². The lowest BCUT2D eigenvalue weighted by atomic mass is 9.87. The van der Waals surface area contributed by atoms with E-state index >= 15 is 0 Å². The first kappa shape index (κ1) is 28.3. The average molecular weight is 546 g/mol. The standard InChI is InChI=1S/C31H35N3O4S/c1-21(2)33(39(37,38)26-18-14-24(15-19-26)31(4,5)6)20-27(35)28-29(23-10-8-7-9-11-23)32-34(30(28)36)25-16-12-22(3)13-17-25/h7-19,21,32H,20H2,1-6H3. The lowest BCUT2D eigenvalue weighted by Crippen LogP contribution is -2.41. The van der Waals surface area contributed by atoms with Gasteiger partial charge in [-0.05, 0) is 56.0 Å². The number of rotatable bonds is 8. The van der Waals surface area contributed by atoms with Crippen LogP contribution in [-0.4, -0.2) is 40.9 Å². The number of sulfonamides is 1. The number of benzene rings is 3. The van der Waals surface area contributed by atoms with Gasteiger partial charge in [-0.1, -0.05) is 80.9 Å². The Balaban J connectivity index is 1.77. The summed E-state index contributed by atoms with van der Waals surface area (Å²) in [6.45, 7) is 11.1. The second-order valence-electron chi connectivity index (χ2n) is 11.0. The summed E-state index contributed by atoms with van der Waals surface area (Å²) in [7, 11) is -4.01. The minimum absolute atomic E-state index is 0.0781. The van der Waals surface area contributed by atoms with E-state index in [-0.39, 0.29) is 15.9 Å². The fourth-order valence-corrected chi connectivity index (χ4v) is 6.01. The van der Waals surface area contributed by atoms with Crippen LogP contribution in [0.5, 0.6) is 0 Å². The zero-order chi connectivity index (χ0) is 28.5. The van der Waals surface area contributed by atoms with Gasteiger partial charge in [0.15, 0.2) is 5.78 Å². The maximum absolute atomic E-state index is 13.8. The van der Waals surface area contributed by atoms with Crippen molar-refractivity contribution in [2.75, 3.05) is 6.54 Å². The average Bonchev–Trinajstić information content (AvgIpc) is 3.24. The number of aromatic amines is 1. The van der Waals surface area contributed by atoms with E-state index in [1.807, 2.05) is 37.3 Å². The molecule has 4 rings (SSSR count). The summed E-state index contributed by atoms with van der Waals surface area (Å²) in [5, 5.41) is 3.09. The Morgan fingerprint density at radius 2 is 1.51 bits per heavy atom. The van der Waals surface area contributed by atoms with Gasteiger partial charge in [0.25, 0.3) is 5.56 Å².